The fraction of sp³-hybridized carbons (Fsp3) is 0.941. The summed E-state index contributed by atoms with van der Waals surface area (Å²) in [6, 6.07) is 0. The van der Waals surface area contributed by atoms with E-state index in [0.29, 0.717) is 11.8 Å². The second kappa shape index (κ2) is 11.1. The molecule has 3 nitrogen and oxygen atoms in total. The number of carbonyl (C=O) groups excluding carboxylic acids is 1. The number of amides is 1. The Morgan fingerprint density at radius 1 is 1.15 bits per heavy atom. The molecule has 1 unspecified atom stereocenters. The maximum absolute atomic E-state index is 12.1. The summed E-state index contributed by atoms with van der Waals surface area (Å²) < 4.78 is 0. The zero-order chi connectivity index (χ0) is 14.6. The molecule has 1 fully saturated rings. The van der Waals surface area contributed by atoms with Gasteiger partial charge >= 0.3 is 0 Å². The van der Waals surface area contributed by atoms with Crippen LogP contribution in [0.2, 0.25) is 0 Å². The minimum absolute atomic E-state index is 0.254. The summed E-state index contributed by atoms with van der Waals surface area (Å²) in [7, 11) is 0. The summed E-state index contributed by atoms with van der Waals surface area (Å²) in [4.78, 5) is 14.2. The summed E-state index contributed by atoms with van der Waals surface area (Å²) in [5.41, 5.74) is 0. The quantitative estimate of drug-likeness (QED) is 0.620. The molecule has 1 rings (SSSR count). The van der Waals surface area contributed by atoms with Crippen LogP contribution in [0, 0.1) is 5.92 Å². The van der Waals surface area contributed by atoms with E-state index < -0.39 is 0 Å². The smallest absolute Gasteiger partial charge is 0.222 e. The normalized spacial score (nSPS) is 19.3. The van der Waals surface area contributed by atoms with Crippen LogP contribution in [-0.2, 0) is 4.79 Å². The Hall–Kier alpha value is -0.570. The number of nitrogens with zero attached hydrogens (tertiary/aromatic N) is 1. The van der Waals surface area contributed by atoms with Crippen molar-refractivity contribution in [3.05, 3.63) is 0 Å². The second-order valence-corrected chi connectivity index (χ2v) is 6.23. The minimum atomic E-state index is 0.254. The highest BCUT2D eigenvalue weighted by molar-refractivity contribution is 5.76. The molecule has 0 spiro atoms. The van der Waals surface area contributed by atoms with Gasteiger partial charge in [-0.15, -0.1) is 0 Å². The van der Waals surface area contributed by atoms with E-state index >= 15 is 0 Å². The van der Waals surface area contributed by atoms with Gasteiger partial charge in [-0.2, -0.15) is 0 Å². The molecule has 0 aliphatic carbocycles. The van der Waals surface area contributed by atoms with Crippen LogP contribution in [0.15, 0.2) is 0 Å². The van der Waals surface area contributed by atoms with Gasteiger partial charge in [0.25, 0.3) is 0 Å². The first-order valence-corrected chi connectivity index (χ1v) is 8.66. The molecule has 0 bridgehead atoms. The molecular formula is C17H33NO2. The lowest BCUT2D eigenvalue weighted by Gasteiger charge is -2.32. The Morgan fingerprint density at radius 3 is 2.55 bits per heavy atom. The molecule has 0 aromatic carbocycles. The Kier molecular flexibility index (Phi) is 9.73. The zero-order valence-electron chi connectivity index (χ0n) is 13.3. The third kappa shape index (κ3) is 7.28. The van der Waals surface area contributed by atoms with E-state index in [1.165, 1.54) is 44.9 Å². The van der Waals surface area contributed by atoms with Crippen molar-refractivity contribution in [2.24, 2.45) is 5.92 Å². The van der Waals surface area contributed by atoms with Gasteiger partial charge in [0.05, 0.1) is 0 Å². The van der Waals surface area contributed by atoms with E-state index in [9.17, 15) is 4.79 Å². The van der Waals surface area contributed by atoms with E-state index in [1.54, 1.807) is 0 Å². The van der Waals surface area contributed by atoms with Gasteiger partial charge in [-0.1, -0.05) is 45.4 Å². The monoisotopic (exact) mass is 283 g/mol. The van der Waals surface area contributed by atoms with Crippen LogP contribution in [0.1, 0.15) is 77.6 Å². The van der Waals surface area contributed by atoms with E-state index in [4.69, 9.17) is 5.11 Å². The molecule has 3 heteroatoms. The minimum Gasteiger partial charge on any atom is -0.396 e. The van der Waals surface area contributed by atoms with Gasteiger partial charge in [0.1, 0.15) is 0 Å². The number of carbonyl (C=O) groups is 1. The van der Waals surface area contributed by atoms with Crippen molar-refractivity contribution >= 4 is 5.91 Å². The predicted octanol–water partition coefficient (Wildman–Crippen LogP) is 3.75. The first kappa shape index (κ1) is 17.5. The van der Waals surface area contributed by atoms with Gasteiger partial charge in [-0.3, -0.25) is 4.79 Å². The summed E-state index contributed by atoms with van der Waals surface area (Å²) in [5, 5.41) is 9.00. The summed E-state index contributed by atoms with van der Waals surface area (Å²) in [6.45, 7) is 4.29. The average molecular weight is 283 g/mol. The molecule has 0 aromatic rings. The lowest BCUT2D eigenvalue weighted by atomic mass is 9.95. The molecule has 0 aromatic heterocycles. The van der Waals surface area contributed by atoms with Crippen LogP contribution in [0.5, 0.6) is 0 Å². The Labute approximate surface area is 124 Å². The van der Waals surface area contributed by atoms with E-state index in [1.807, 2.05) is 4.90 Å². The number of hydrogen-bond donors (Lipinski definition) is 1. The number of unbranched alkanes of at least 4 members (excludes halogenated alkanes) is 6. The van der Waals surface area contributed by atoms with Crippen molar-refractivity contribution in [3.8, 4) is 0 Å². The van der Waals surface area contributed by atoms with Gasteiger partial charge < -0.3 is 10.0 Å². The molecule has 1 amide bonds. The average Bonchev–Trinajstić information content (AvgIpc) is 2.47. The molecule has 1 saturated heterocycles. The third-order valence-corrected chi connectivity index (χ3v) is 4.40. The molecule has 0 radical (unpaired) electrons. The zero-order valence-corrected chi connectivity index (χ0v) is 13.3. The van der Waals surface area contributed by atoms with Gasteiger partial charge in [0, 0.05) is 26.1 Å². The number of piperidine rings is 1. The fourth-order valence-corrected chi connectivity index (χ4v) is 3.10. The molecule has 1 N–H and O–H groups in total. The maximum Gasteiger partial charge on any atom is 0.222 e. The van der Waals surface area contributed by atoms with Crippen molar-refractivity contribution in [2.75, 3.05) is 19.7 Å². The van der Waals surface area contributed by atoms with Crippen LogP contribution in [0.4, 0.5) is 0 Å². The highest BCUT2D eigenvalue weighted by Gasteiger charge is 2.22. The number of rotatable bonds is 10. The van der Waals surface area contributed by atoms with Crippen LogP contribution in [-0.4, -0.2) is 35.6 Å². The Bertz CT molecular complexity index is 253. The molecule has 20 heavy (non-hydrogen) atoms. The number of aliphatic hydroxyl groups is 1. The first-order chi connectivity index (χ1) is 9.77. The number of aliphatic hydroxyl groups excluding tert-OH is 1. The second-order valence-electron chi connectivity index (χ2n) is 6.23. The van der Waals surface area contributed by atoms with Crippen molar-refractivity contribution in [1.29, 1.82) is 0 Å². The largest absolute Gasteiger partial charge is 0.396 e. The van der Waals surface area contributed by atoms with E-state index in [0.717, 1.165) is 38.8 Å². The van der Waals surface area contributed by atoms with Gasteiger partial charge in [0.2, 0.25) is 5.91 Å². The topological polar surface area (TPSA) is 40.5 Å². The fourth-order valence-electron chi connectivity index (χ4n) is 3.10. The third-order valence-electron chi connectivity index (χ3n) is 4.40. The highest BCUT2D eigenvalue weighted by Crippen LogP contribution is 2.20. The molecule has 1 aliphatic heterocycles. The molecular weight excluding hydrogens is 250 g/mol. The summed E-state index contributed by atoms with van der Waals surface area (Å²) in [5.74, 6) is 0.855. The SMILES string of the molecule is CCCCCCCCCC(=O)N1CCCC(CCO)C1. The Balaban J connectivity index is 2.06. The van der Waals surface area contributed by atoms with Crippen LogP contribution >= 0.6 is 0 Å². The van der Waals surface area contributed by atoms with Crippen LogP contribution < -0.4 is 0 Å². The lowest BCUT2D eigenvalue weighted by Crippen LogP contribution is -2.40. The van der Waals surface area contributed by atoms with Gasteiger partial charge in [0.15, 0.2) is 0 Å². The Morgan fingerprint density at radius 2 is 1.85 bits per heavy atom. The van der Waals surface area contributed by atoms with E-state index in [2.05, 4.69) is 6.92 Å². The first-order valence-electron chi connectivity index (χ1n) is 8.66. The molecule has 1 aliphatic rings. The van der Waals surface area contributed by atoms with Crippen molar-refractivity contribution in [2.45, 2.75) is 77.6 Å². The summed E-state index contributed by atoms with van der Waals surface area (Å²) in [6.07, 6.45) is 12.7. The lowest BCUT2D eigenvalue weighted by molar-refractivity contribution is -0.133. The molecule has 1 atom stereocenters. The van der Waals surface area contributed by atoms with Crippen molar-refractivity contribution in [1.82, 2.24) is 4.90 Å². The molecule has 118 valence electrons. The predicted molar refractivity (Wildman–Crippen MR) is 83.6 cm³/mol. The van der Waals surface area contributed by atoms with Gasteiger partial charge in [-0.25, -0.2) is 0 Å². The van der Waals surface area contributed by atoms with Crippen molar-refractivity contribution in [3.63, 3.8) is 0 Å². The molecule has 1 heterocycles. The number of likely N-dealkylation sites (tertiary alicyclic amines) is 1. The van der Waals surface area contributed by atoms with E-state index in [-0.39, 0.29) is 6.61 Å². The maximum atomic E-state index is 12.1. The highest BCUT2D eigenvalue weighted by atomic mass is 16.3. The van der Waals surface area contributed by atoms with Crippen molar-refractivity contribution < 1.29 is 9.90 Å². The van der Waals surface area contributed by atoms with Crippen LogP contribution in [0.3, 0.4) is 0 Å². The van der Waals surface area contributed by atoms with Crippen LogP contribution in [0.25, 0.3) is 0 Å². The van der Waals surface area contributed by atoms with Gasteiger partial charge in [-0.05, 0) is 31.6 Å². The molecule has 0 saturated carbocycles. The standard InChI is InChI=1S/C17H33NO2/c1-2-3-4-5-6-7-8-11-17(20)18-13-9-10-16(15-18)12-14-19/h16,19H,2-15H2,1H3. The summed E-state index contributed by atoms with van der Waals surface area (Å²) >= 11 is 0. The number of hydrogen-bond acceptors (Lipinski definition) is 2.